The van der Waals surface area contributed by atoms with Crippen molar-refractivity contribution in [3.05, 3.63) is 164 Å². The highest BCUT2D eigenvalue weighted by molar-refractivity contribution is 5.98. The van der Waals surface area contributed by atoms with Crippen molar-refractivity contribution >= 4 is 27.5 Å². The van der Waals surface area contributed by atoms with Crippen molar-refractivity contribution in [2.24, 2.45) is 0 Å². The fourth-order valence-corrected chi connectivity index (χ4v) is 6.65. The molecule has 0 saturated heterocycles. The molecule has 9 heteroatoms. The third kappa shape index (κ3) is 5.53. The summed E-state index contributed by atoms with van der Waals surface area (Å²) in [5, 5.41) is 1.17. The summed E-state index contributed by atoms with van der Waals surface area (Å²) >= 11 is 0. The molecule has 0 aliphatic rings. The highest BCUT2D eigenvalue weighted by Crippen LogP contribution is 2.33. The first-order valence-corrected chi connectivity index (χ1v) is 17.2. The molecule has 0 N–H and O–H groups in total. The fourth-order valence-electron chi connectivity index (χ4n) is 6.65. The molecular formula is C44H27N9. The highest BCUT2D eigenvalue weighted by atomic mass is 15.0. The molecule has 0 amide bonds. The number of fused-ring (bicyclic) bond motifs is 5. The average Bonchev–Trinajstić information content (AvgIpc) is 3.64. The van der Waals surface area contributed by atoms with E-state index in [9.17, 15) is 0 Å². The summed E-state index contributed by atoms with van der Waals surface area (Å²) in [5.41, 5.74) is 11.6. The molecule has 0 saturated carbocycles. The second-order valence-electron chi connectivity index (χ2n) is 12.6. The summed E-state index contributed by atoms with van der Waals surface area (Å²) in [6, 6.07) is 46.5. The first kappa shape index (κ1) is 30.3. The van der Waals surface area contributed by atoms with Crippen LogP contribution in [0.15, 0.2) is 164 Å². The average molecular weight is 682 g/mol. The zero-order valence-electron chi connectivity index (χ0n) is 28.1. The molecule has 248 valence electrons. The highest BCUT2D eigenvalue weighted by Gasteiger charge is 2.17. The van der Waals surface area contributed by atoms with Crippen molar-refractivity contribution in [1.29, 1.82) is 0 Å². The van der Waals surface area contributed by atoms with E-state index in [0.717, 1.165) is 72.8 Å². The molecule has 0 aliphatic carbocycles. The Morgan fingerprint density at radius 1 is 0.358 bits per heavy atom. The number of hydrogen-bond donors (Lipinski definition) is 0. The van der Waals surface area contributed by atoms with Gasteiger partial charge >= 0.3 is 0 Å². The molecular weight excluding hydrogens is 655 g/mol. The number of rotatable bonds is 6. The van der Waals surface area contributed by atoms with Gasteiger partial charge in [-0.05, 0) is 72.8 Å². The molecule has 10 rings (SSSR count). The Kier molecular flexibility index (Phi) is 7.25. The predicted octanol–water partition coefficient (Wildman–Crippen LogP) is 9.41. The van der Waals surface area contributed by atoms with Crippen LogP contribution in [0, 0.1) is 0 Å². The number of nitrogens with zero attached hydrogens (tertiary/aromatic N) is 9. The Morgan fingerprint density at radius 2 is 0.868 bits per heavy atom. The number of para-hydroxylation sites is 3. The van der Waals surface area contributed by atoms with Crippen LogP contribution in [0.2, 0.25) is 0 Å². The molecule has 0 radical (unpaired) electrons. The first-order chi connectivity index (χ1) is 26.2. The summed E-state index contributed by atoms with van der Waals surface area (Å²) in [6.45, 7) is 0. The lowest BCUT2D eigenvalue weighted by atomic mass is 10.1. The zero-order chi connectivity index (χ0) is 35.1. The zero-order valence-corrected chi connectivity index (χ0v) is 28.1. The van der Waals surface area contributed by atoms with E-state index in [-0.39, 0.29) is 0 Å². The summed E-state index contributed by atoms with van der Waals surface area (Å²) < 4.78 is 2.30. The predicted molar refractivity (Wildman–Crippen MR) is 207 cm³/mol. The van der Waals surface area contributed by atoms with Crippen molar-refractivity contribution < 1.29 is 0 Å². The van der Waals surface area contributed by atoms with Gasteiger partial charge in [-0.25, -0.2) is 19.9 Å². The third-order valence-corrected chi connectivity index (χ3v) is 9.26. The lowest BCUT2D eigenvalue weighted by molar-refractivity contribution is 1.07. The van der Waals surface area contributed by atoms with Gasteiger partial charge in [-0.2, -0.15) is 0 Å². The third-order valence-electron chi connectivity index (χ3n) is 9.26. The van der Waals surface area contributed by atoms with Crippen LogP contribution in [0.5, 0.6) is 0 Å². The maximum Gasteiger partial charge on any atom is 0.165 e. The Bertz CT molecular complexity index is 2810. The molecule has 0 fully saturated rings. The maximum absolute atomic E-state index is 5.15. The number of hydrogen-bond acceptors (Lipinski definition) is 8. The van der Waals surface area contributed by atoms with Crippen LogP contribution in [0.4, 0.5) is 0 Å². The van der Waals surface area contributed by atoms with Crippen LogP contribution in [0.1, 0.15) is 0 Å². The largest absolute Gasteiger partial charge is 0.306 e. The number of aromatic nitrogens is 9. The van der Waals surface area contributed by atoms with Gasteiger partial charge in [0.05, 0.1) is 50.5 Å². The Morgan fingerprint density at radius 3 is 1.45 bits per heavy atom. The number of benzene rings is 3. The maximum atomic E-state index is 5.15. The van der Waals surface area contributed by atoms with Gasteiger partial charge in [0, 0.05) is 52.4 Å². The fraction of sp³-hybridized carbons (Fsp3) is 0. The van der Waals surface area contributed by atoms with E-state index < -0.39 is 0 Å². The molecule has 7 aromatic heterocycles. The van der Waals surface area contributed by atoms with Crippen molar-refractivity contribution in [2.45, 2.75) is 0 Å². The van der Waals surface area contributed by atoms with Crippen molar-refractivity contribution in [3.63, 3.8) is 0 Å². The van der Waals surface area contributed by atoms with Crippen molar-refractivity contribution in [1.82, 2.24) is 44.3 Å². The van der Waals surface area contributed by atoms with Gasteiger partial charge in [-0.3, -0.25) is 19.9 Å². The Balaban J connectivity index is 1.07. The van der Waals surface area contributed by atoms with Crippen LogP contribution in [0.25, 0.3) is 95.6 Å². The first-order valence-electron chi connectivity index (χ1n) is 17.2. The number of pyridine rings is 4. The van der Waals surface area contributed by atoms with Gasteiger partial charge in [0.2, 0.25) is 0 Å². The van der Waals surface area contributed by atoms with Crippen LogP contribution >= 0.6 is 0 Å². The van der Waals surface area contributed by atoms with Crippen LogP contribution in [-0.2, 0) is 0 Å². The van der Waals surface area contributed by atoms with Gasteiger partial charge in [0.25, 0.3) is 0 Å². The summed E-state index contributed by atoms with van der Waals surface area (Å²) in [5.74, 6) is 1.53. The molecule has 0 bridgehead atoms. The van der Waals surface area contributed by atoms with Crippen molar-refractivity contribution in [2.75, 3.05) is 0 Å². The molecule has 7 heterocycles. The van der Waals surface area contributed by atoms with Crippen LogP contribution in [-0.4, -0.2) is 44.3 Å². The van der Waals surface area contributed by atoms with Gasteiger partial charge in [0.1, 0.15) is 0 Å². The topological polar surface area (TPSA) is 108 Å². The summed E-state index contributed by atoms with van der Waals surface area (Å²) in [6.07, 6.45) is 7.06. The molecule has 0 atom stereocenters. The molecule has 10 aromatic rings. The minimum absolute atomic E-state index is 0.501. The Labute approximate surface area is 303 Å². The minimum atomic E-state index is 0.501. The van der Waals surface area contributed by atoms with Crippen molar-refractivity contribution in [3.8, 4) is 68.2 Å². The second kappa shape index (κ2) is 12.7. The summed E-state index contributed by atoms with van der Waals surface area (Å²) in [4.78, 5) is 38.2. The molecule has 9 nitrogen and oxygen atoms in total. The van der Waals surface area contributed by atoms with Crippen LogP contribution < -0.4 is 0 Å². The Hall–Kier alpha value is -7.52. The minimum Gasteiger partial charge on any atom is -0.306 e. The molecule has 0 unspecified atom stereocenters. The van der Waals surface area contributed by atoms with Gasteiger partial charge < -0.3 is 4.40 Å². The lowest BCUT2D eigenvalue weighted by Crippen LogP contribution is -2.01. The van der Waals surface area contributed by atoms with E-state index >= 15 is 0 Å². The van der Waals surface area contributed by atoms with Gasteiger partial charge in [-0.1, -0.05) is 66.7 Å². The molecule has 0 spiro atoms. The quantitative estimate of drug-likeness (QED) is 0.171. The molecule has 53 heavy (non-hydrogen) atoms. The van der Waals surface area contributed by atoms with E-state index in [0.29, 0.717) is 17.5 Å². The SMILES string of the molecule is c1ccc(-c2ccc(-c3nc(-c4ccc(-c5nc6ccccc6n6c5cc5ccccc56)cc4)nc(-c4ccc(-c5ccccn5)nc4)n3)cn2)nc1. The monoisotopic (exact) mass is 681 g/mol. The van der Waals surface area contributed by atoms with Gasteiger partial charge in [-0.15, -0.1) is 0 Å². The van der Waals surface area contributed by atoms with Crippen LogP contribution in [0.3, 0.4) is 0 Å². The summed E-state index contributed by atoms with van der Waals surface area (Å²) in [7, 11) is 0. The van der Waals surface area contributed by atoms with E-state index in [4.69, 9.17) is 29.9 Å². The standard InChI is InChI=1S/C44H27N9/c1-3-13-38-30(9-1)25-40-41(49-37-12-2-4-14-39(37)53(38)40)28-15-17-29(18-16-28)42-50-43(31-19-21-35(47-26-31)33-10-5-7-23-45-33)52-44(51-42)32-20-22-36(48-27-32)34-11-6-8-24-46-34/h1-27H. The normalized spacial score (nSPS) is 11.4. The van der Waals surface area contributed by atoms with E-state index in [1.165, 1.54) is 5.39 Å². The van der Waals surface area contributed by atoms with E-state index in [2.05, 4.69) is 75.0 Å². The smallest absolute Gasteiger partial charge is 0.165 e. The van der Waals surface area contributed by atoms with E-state index in [1.54, 1.807) is 24.8 Å². The molecule has 0 aliphatic heterocycles. The van der Waals surface area contributed by atoms with E-state index in [1.807, 2.05) is 78.9 Å². The second-order valence-corrected chi connectivity index (χ2v) is 12.6. The molecule has 3 aromatic carbocycles. The van der Waals surface area contributed by atoms with Gasteiger partial charge in [0.15, 0.2) is 17.5 Å². The lowest BCUT2D eigenvalue weighted by Gasteiger charge is -2.11.